The number of nitriles is 1. The van der Waals surface area contributed by atoms with Crippen LogP contribution in [0.25, 0.3) is 0 Å². The minimum atomic E-state index is -5.13. The number of hydrogen-bond donors (Lipinski definition) is 1. The van der Waals surface area contributed by atoms with Gasteiger partial charge in [0.2, 0.25) is 0 Å². The van der Waals surface area contributed by atoms with Gasteiger partial charge in [-0.15, -0.1) is 13.2 Å². The average molecular weight is 281 g/mol. The molecule has 0 unspecified atom stereocenters. The molecule has 0 amide bonds. The van der Waals surface area contributed by atoms with E-state index in [0.717, 1.165) is 0 Å². The first-order valence-electron chi connectivity index (χ1n) is 4.92. The lowest BCUT2D eigenvalue weighted by atomic mass is 10.1. The van der Waals surface area contributed by atoms with Crippen molar-refractivity contribution in [3.63, 3.8) is 0 Å². The summed E-state index contributed by atoms with van der Waals surface area (Å²) in [7, 11) is 0. The van der Waals surface area contributed by atoms with Crippen molar-refractivity contribution in [3.05, 3.63) is 23.0 Å². The molecule has 1 rings (SSSR count). The first-order valence-corrected chi connectivity index (χ1v) is 4.92. The average Bonchev–Trinajstić information content (AvgIpc) is 2.28. The van der Waals surface area contributed by atoms with Gasteiger partial charge in [0, 0.05) is 6.54 Å². The van der Waals surface area contributed by atoms with Crippen LogP contribution in [0.2, 0.25) is 0 Å². The molecule has 0 aliphatic carbocycles. The fraction of sp³-hybridized carbons (Fsp3) is 0.400. The molecule has 104 valence electrons. The smallest absolute Gasteiger partial charge is 0.403 e. The molecule has 4 nitrogen and oxygen atoms in total. The van der Waals surface area contributed by atoms with Gasteiger partial charge in [0.05, 0.1) is 29.4 Å². The Hall–Kier alpha value is -1.95. The summed E-state index contributed by atoms with van der Waals surface area (Å²) < 4.78 is 65.5. The van der Waals surface area contributed by atoms with Gasteiger partial charge in [0.15, 0.2) is 5.75 Å². The Morgan fingerprint density at radius 1 is 1.42 bits per heavy atom. The van der Waals surface area contributed by atoms with E-state index in [9.17, 15) is 22.0 Å². The Labute approximate surface area is 104 Å². The fourth-order valence-corrected chi connectivity index (χ4v) is 1.37. The second kappa shape index (κ2) is 5.79. The fourth-order valence-electron chi connectivity index (χ4n) is 1.37. The van der Waals surface area contributed by atoms with Crippen LogP contribution in [0, 0.1) is 11.3 Å². The standard InChI is InChI=1S/C10H8F5N3O/c11-9(12)6-3-5(1-2-16)18-7(4-17)8(6)19-10(13,14)15/h3,9H,1,4,17H2. The van der Waals surface area contributed by atoms with E-state index in [2.05, 4.69) is 9.72 Å². The number of ether oxygens (including phenoxy) is 1. The molecular weight excluding hydrogens is 273 g/mol. The molecule has 0 atom stereocenters. The van der Waals surface area contributed by atoms with Crippen LogP contribution in [-0.2, 0) is 13.0 Å². The van der Waals surface area contributed by atoms with Gasteiger partial charge in [-0.3, -0.25) is 4.98 Å². The summed E-state index contributed by atoms with van der Waals surface area (Å²) in [6.45, 7) is -0.523. The minimum Gasteiger partial charge on any atom is -0.403 e. The third-order valence-corrected chi connectivity index (χ3v) is 2.03. The third-order valence-electron chi connectivity index (χ3n) is 2.03. The van der Waals surface area contributed by atoms with Crippen LogP contribution in [0.1, 0.15) is 23.4 Å². The zero-order valence-corrected chi connectivity index (χ0v) is 9.34. The molecule has 0 aliphatic heterocycles. The number of hydrogen-bond acceptors (Lipinski definition) is 4. The highest BCUT2D eigenvalue weighted by molar-refractivity contribution is 5.40. The molecule has 0 spiro atoms. The Morgan fingerprint density at radius 3 is 2.47 bits per heavy atom. The topological polar surface area (TPSA) is 71.9 Å². The summed E-state index contributed by atoms with van der Waals surface area (Å²) in [5.41, 5.74) is 3.62. The van der Waals surface area contributed by atoms with Crippen molar-refractivity contribution in [3.8, 4) is 11.8 Å². The maximum absolute atomic E-state index is 12.7. The molecule has 1 aromatic heterocycles. The predicted molar refractivity (Wildman–Crippen MR) is 53.1 cm³/mol. The molecule has 0 bridgehead atoms. The normalized spacial score (nSPS) is 11.5. The van der Waals surface area contributed by atoms with Crippen molar-refractivity contribution in [1.82, 2.24) is 4.98 Å². The molecule has 0 saturated carbocycles. The Morgan fingerprint density at radius 2 is 2.05 bits per heavy atom. The van der Waals surface area contributed by atoms with Gasteiger partial charge in [-0.2, -0.15) is 5.26 Å². The summed E-state index contributed by atoms with van der Waals surface area (Å²) in [6, 6.07) is 2.36. The number of nitrogens with zero attached hydrogens (tertiary/aromatic N) is 2. The molecule has 2 N–H and O–H groups in total. The van der Waals surface area contributed by atoms with E-state index in [1.54, 1.807) is 6.07 Å². The summed E-state index contributed by atoms with van der Waals surface area (Å²) in [6.07, 6.45) is -8.66. The number of pyridine rings is 1. The highest BCUT2D eigenvalue weighted by Crippen LogP contribution is 2.35. The van der Waals surface area contributed by atoms with Gasteiger partial charge >= 0.3 is 6.36 Å². The van der Waals surface area contributed by atoms with E-state index in [-0.39, 0.29) is 12.1 Å². The van der Waals surface area contributed by atoms with E-state index in [1.807, 2.05) is 0 Å². The number of alkyl halides is 5. The van der Waals surface area contributed by atoms with Crippen LogP contribution < -0.4 is 10.5 Å². The van der Waals surface area contributed by atoms with E-state index >= 15 is 0 Å². The van der Waals surface area contributed by atoms with Crippen LogP contribution in [0.3, 0.4) is 0 Å². The summed E-state index contributed by atoms with van der Waals surface area (Å²) in [5.74, 6) is -1.10. The van der Waals surface area contributed by atoms with Crippen molar-refractivity contribution >= 4 is 0 Å². The van der Waals surface area contributed by atoms with Crippen LogP contribution in [0.4, 0.5) is 22.0 Å². The Kier molecular flexibility index (Phi) is 4.61. The zero-order valence-electron chi connectivity index (χ0n) is 9.34. The molecule has 0 aliphatic rings. The van der Waals surface area contributed by atoms with Gasteiger partial charge < -0.3 is 10.5 Å². The van der Waals surface area contributed by atoms with Crippen molar-refractivity contribution in [2.75, 3.05) is 0 Å². The molecular formula is C10H8F5N3O. The lowest BCUT2D eigenvalue weighted by molar-refractivity contribution is -0.275. The predicted octanol–water partition coefficient (Wildman–Crippen LogP) is 2.44. The first-order chi connectivity index (χ1) is 8.78. The molecule has 0 fully saturated rings. The lowest BCUT2D eigenvalue weighted by Crippen LogP contribution is -2.21. The van der Waals surface area contributed by atoms with Gasteiger partial charge in [-0.25, -0.2) is 8.78 Å². The molecule has 0 aromatic carbocycles. The van der Waals surface area contributed by atoms with Crippen molar-refractivity contribution in [2.45, 2.75) is 25.8 Å². The monoisotopic (exact) mass is 281 g/mol. The number of nitrogens with two attached hydrogens (primary N) is 1. The van der Waals surface area contributed by atoms with E-state index in [1.165, 1.54) is 0 Å². The second-order valence-electron chi connectivity index (χ2n) is 3.37. The largest absolute Gasteiger partial charge is 0.573 e. The number of aromatic nitrogens is 1. The third kappa shape index (κ3) is 4.03. The highest BCUT2D eigenvalue weighted by Gasteiger charge is 2.35. The van der Waals surface area contributed by atoms with Gasteiger partial charge in [-0.05, 0) is 6.07 Å². The molecule has 0 radical (unpaired) electrons. The zero-order chi connectivity index (χ0) is 14.6. The number of halogens is 5. The minimum absolute atomic E-state index is 0.0900. The summed E-state index contributed by atoms with van der Waals surface area (Å²) in [4.78, 5) is 3.60. The van der Waals surface area contributed by atoms with E-state index < -0.39 is 36.3 Å². The quantitative estimate of drug-likeness (QED) is 0.860. The van der Waals surface area contributed by atoms with Crippen molar-refractivity contribution in [2.24, 2.45) is 5.73 Å². The highest BCUT2D eigenvalue weighted by atomic mass is 19.4. The Balaban J connectivity index is 3.37. The van der Waals surface area contributed by atoms with E-state index in [4.69, 9.17) is 11.0 Å². The second-order valence-corrected chi connectivity index (χ2v) is 3.37. The number of rotatable bonds is 4. The lowest BCUT2D eigenvalue weighted by Gasteiger charge is -2.16. The van der Waals surface area contributed by atoms with Crippen LogP contribution in [0.15, 0.2) is 6.07 Å². The van der Waals surface area contributed by atoms with Gasteiger partial charge in [0.1, 0.15) is 0 Å². The summed E-state index contributed by atoms with van der Waals surface area (Å²) in [5, 5.41) is 8.45. The molecule has 19 heavy (non-hydrogen) atoms. The first kappa shape index (κ1) is 15.1. The van der Waals surface area contributed by atoms with Gasteiger partial charge in [-0.1, -0.05) is 0 Å². The van der Waals surface area contributed by atoms with Gasteiger partial charge in [0.25, 0.3) is 6.43 Å². The summed E-state index contributed by atoms with van der Waals surface area (Å²) >= 11 is 0. The molecule has 1 aromatic rings. The molecule has 0 saturated heterocycles. The SMILES string of the molecule is N#CCc1cc(C(F)F)c(OC(F)(F)F)c(CN)n1. The van der Waals surface area contributed by atoms with Crippen LogP contribution in [0.5, 0.6) is 5.75 Å². The van der Waals surface area contributed by atoms with Crippen molar-refractivity contribution in [1.29, 1.82) is 5.26 Å². The Bertz CT molecular complexity index is 495. The van der Waals surface area contributed by atoms with Crippen molar-refractivity contribution < 1.29 is 26.7 Å². The molecule has 9 heteroatoms. The van der Waals surface area contributed by atoms with Crippen LogP contribution >= 0.6 is 0 Å². The maximum Gasteiger partial charge on any atom is 0.573 e. The van der Waals surface area contributed by atoms with E-state index in [0.29, 0.717) is 6.07 Å². The van der Waals surface area contributed by atoms with Crippen LogP contribution in [-0.4, -0.2) is 11.3 Å². The molecule has 1 heterocycles. The maximum atomic E-state index is 12.7.